The molecule has 1 atom stereocenters. The number of esters is 1. The minimum Gasteiger partial charge on any atom is -0.467 e. The van der Waals surface area contributed by atoms with Crippen molar-refractivity contribution in [2.75, 3.05) is 12.4 Å². The van der Waals surface area contributed by atoms with Crippen molar-refractivity contribution >= 4 is 43.5 Å². The van der Waals surface area contributed by atoms with Crippen LogP contribution >= 0.6 is 31.9 Å². The van der Waals surface area contributed by atoms with Gasteiger partial charge in [0.1, 0.15) is 0 Å². The molecular formula is C16H15Br2NO2. The Bertz CT molecular complexity index is 658. The Hall–Kier alpha value is -1.33. The summed E-state index contributed by atoms with van der Waals surface area (Å²) in [5.74, 6) is -0.326. The van der Waals surface area contributed by atoms with E-state index in [4.69, 9.17) is 4.74 Å². The first kappa shape index (κ1) is 16.0. The fourth-order valence-corrected chi connectivity index (χ4v) is 2.62. The second kappa shape index (κ2) is 7.09. The number of ether oxygens (including phenoxy) is 1. The van der Waals surface area contributed by atoms with Crippen LogP contribution in [0.15, 0.2) is 51.4 Å². The molecule has 1 N–H and O–H groups in total. The molecule has 2 rings (SSSR count). The summed E-state index contributed by atoms with van der Waals surface area (Å²) in [7, 11) is 1.39. The van der Waals surface area contributed by atoms with Gasteiger partial charge in [-0.3, -0.25) is 0 Å². The summed E-state index contributed by atoms with van der Waals surface area (Å²) >= 11 is 6.94. The molecule has 0 amide bonds. The third-order valence-corrected chi connectivity index (χ3v) is 4.71. The van der Waals surface area contributed by atoms with Gasteiger partial charge in [0, 0.05) is 14.6 Å². The highest BCUT2D eigenvalue weighted by molar-refractivity contribution is 9.10. The number of nitrogens with one attached hydrogen (secondary N) is 1. The molecular weight excluding hydrogens is 398 g/mol. The maximum absolute atomic E-state index is 12.1. The fourth-order valence-electron chi connectivity index (χ4n) is 1.98. The van der Waals surface area contributed by atoms with Gasteiger partial charge in [-0.05, 0) is 52.2 Å². The Labute approximate surface area is 141 Å². The highest BCUT2D eigenvalue weighted by Gasteiger charge is 2.22. The van der Waals surface area contributed by atoms with Crippen molar-refractivity contribution in [1.82, 2.24) is 0 Å². The third kappa shape index (κ3) is 3.86. The minimum absolute atomic E-state index is 0.326. The lowest BCUT2D eigenvalue weighted by Gasteiger charge is -2.19. The Morgan fingerprint density at radius 2 is 1.86 bits per heavy atom. The molecule has 2 aromatic carbocycles. The van der Waals surface area contributed by atoms with Crippen LogP contribution in [0.25, 0.3) is 0 Å². The van der Waals surface area contributed by atoms with E-state index in [1.165, 1.54) is 7.11 Å². The molecule has 1 unspecified atom stereocenters. The fraction of sp³-hybridized carbons (Fsp3) is 0.188. The van der Waals surface area contributed by atoms with Gasteiger partial charge in [-0.25, -0.2) is 4.79 Å². The average molecular weight is 413 g/mol. The van der Waals surface area contributed by atoms with Gasteiger partial charge in [0.2, 0.25) is 0 Å². The topological polar surface area (TPSA) is 38.3 Å². The monoisotopic (exact) mass is 411 g/mol. The van der Waals surface area contributed by atoms with Crippen LogP contribution in [-0.4, -0.2) is 13.1 Å². The maximum Gasteiger partial charge on any atom is 0.332 e. The van der Waals surface area contributed by atoms with Crippen molar-refractivity contribution in [3.05, 3.63) is 62.5 Å². The Balaban J connectivity index is 2.37. The zero-order chi connectivity index (χ0) is 15.4. The number of anilines is 1. The van der Waals surface area contributed by atoms with E-state index in [-0.39, 0.29) is 5.97 Å². The standard InChI is InChI=1S/C16H15Br2NO2/c1-10-9-11(7-8-12(10)17)15(16(20)21-2)19-14-6-4-3-5-13(14)18/h3-9,15,19H,1-2H3. The normalized spacial score (nSPS) is 11.8. The van der Waals surface area contributed by atoms with Crippen molar-refractivity contribution in [2.24, 2.45) is 0 Å². The first-order valence-corrected chi connectivity index (χ1v) is 7.96. The highest BCUT2D eigenvalue weighted by Crippen LogP contribution is 2.28. The molecule has 110 valence electrons. The molecule has 0 aliphatic carbocycles. The molecule has 2 aromatic rings. The molecule has 0 saturated heterocycles. The predicted octanol–water partition coefficient (Wildman–Crippen LogP) is 4.85. The van der Waals surface area contributed by atoms with E-state index >= 15 is 0 Å². The molecule has 0 saturated carbocycles. The lowest BCUT2D eigenvalue weighted by molar-refractivity contribution is -0.141. The lowest BCUT2D eigenvalue weighted by atomic mass is 10.0. The van der Waals surface area contributed by atoms with E-state index in [1.807, 2.05) is 49.4 Å². The van der Waals surface area contributed by atoms with E-state index in [2.05, 4.69) is 37.2 Å². The number of carbonyl (C=O) groups excluding carboxylic acids is 1. The number of hydrogen-bond donors (Lipinski definition) is 1. The summed E-state index contributed by atoms with van der Waals surface area (Å²) < 4.78 is 6.83. The van der Waals surface area contributed by atoms with Crippen molar-refractivity contribution in [3.8, 4) is 0 Å². The van der Waals surface area contributed by atoms with E-state index < -0.39 is 6.04 Å². The van der Waals surface area contributed by atoms with Gasteiger partial charge >= 0.3 is 5.97 Å². The summed E-state index contributed by atoms with van der Waals surface area (Å²) in [5, 5.41) is 3.22. The first-order valence-electron chi connectivity index (χ1n) is 6.38. The van der Waals surface area contributed by atoms with E-state index in [0.29, 0.717) is 0 Å². The van der Waals surface area contributed by atoms with E-state index in [0.717, 1.165) is 25.8 Å². The summed E-state index contributed by atoms with van der Waals surface area (Å²) in [6, 6.07) is 12.9. The molecule has 0 aliphatic heterocycles. The van der Waals surface area contributed by atoms with Crippen LogP contribution in [0.1, 0.15) is 17.2 Å². The summed E-state index contributed by atoms with van der Waals surface area (Å²) in [6.45, 7) is 1.99. The van der Waals surface area contributed by atoms with Crippen molar-refractivity contribution in [1.29, 1.82) is 0 Å². The number of rotatable bonds is 4. The number of methoxy groups -OCH3 is 1. The number of carbonyl (C=O) groups is 1. The SMILES string of the molecule is COC(=O)C(Nc1ccccc1Br)c1ccc(Br)c(C)c1. The summed E-state index contributed by atoms with van der Waals surface area (Å²) in [6.07, 6.45) is 0. The van der Waals surface area contributed by atoms with Gasteiger partial charge in [0.15, 0.2) is 6.04 Å². The van der Waals surface area contributed by atoms with Crippen LogP contribution in [0.2, 0.25) is 0 Å². The van der Waals surface area contributed by atoms with Crippen molar-refractivity contribution < 1.29 is 9.53 Å². The van der Waals surface area contributed by atoms with Crippen LogP contribution in [0.3, 0.4) is 0 Å². The second-order valence-electron chi connectivity index (χ2n) is 4.59. The van der Waals surface area contributed by atoms with Crippen LogP contribution < -0.4 is 5.32 Å². The van der Waals surface area contributed by atoms with Crippen molar-refractivity contribution in [3.63, 3.8) is 0 Å². The molecule has 0 aliphatic rings. The van der Waals surface area contributed by atoms with Gasteiger partial charge < -0.3 is 10.1 Å². The van der Waals surface area contributed by atoms with Gasteiger partial charge in [-0.1, -0.05) is 40.2 Å². The third-order valence-electron chi connectivity index (χ3n) is 3.13. The van der Waals surface area contributed by atoms with E-state index in [9.17, 15) is 4.79 Å². The molecule has 0 bridgehead atoms. The van der Waals surface area contributed by atoms with Gasteiger partial charge in [0.05, 0.1) is 7.11 Å². The molecule has 0 heterocycles. The number of halogens is 2. The number of benzene rings is 2. The second-order valence-corrected chi connectivity index (χ2v) is 6.30. The molecule has 0 fully saturated rings. The Kier molecular flexibility index (Phi) is 5.42. The highest BCUT2D eigenvalue weighted by atomic mass is 79.9. The Morgan fingerprint density at radius 3 is 2.48 bits per heavy atom. The molecule has 5 heteroatoms. The van der Waals surface area contributed by atoms with Crippen LogP contribution in [-0.2, 0) is 9.53 Å². The lowest BCUT2D eigenvalue weighted by Crippen LogP contribution is -2.22. The summed E-state index contributed by atoms with van der Waals surface area (Å²) in [4.78, 5) is 12.1. The first-order chi connectivity index (χ1) is 10.0. The maximum atomic E-state index is 12.1. The van der Waals surface area contributed by atoms with Crippen LogP contribution in [0.5, 0.6) is 0 Å². The molecule has 3 nitrogen and oxygen atoms in total. The predicted molar refractivity (Wildman–Crippen MR) is 91.4 cm³/mol. The number of hydrogen-bond acceptors (Lipinski definition) is 3. The van der Waals surface area contributed by atoms with Crippen LogP contribution in [0, 0.1) is 6.92 Å². The zero-order valence-corrected chi connectivity index (χ0v) is 14.9. The average Bonchev–Trinajstić information content (AvgIpc) is 2.48. The minimum atomic E-state index is -0.555. The van der Waals surface area contributed by atoms with E-state index in [1.54, 1.807) is 0 Å². The molecule has 0 radical (unpaired) electrons. The zero-order valence-electron chi connectivity index (χ0n) is 11.7. The van der Waals surface area contributed by atoms with Crippen LogP contribution in [0.4, 0.5) is 5.69 Å². The van der Waals surface area contributed by atoms with Gasteiger partial charge in [-0.2, -0.15) is 0 Å². The molecule has 0 aromatic heterocycles. The Morgan fingerprint density at radius 1 is 1.14 bits per heavy atom. The number of para-hydroxylation sites is 1. The molecule has 0 spiro atoms. The summed E-state index contributed by atoms with van der Waals surface area (Å²) in [5.41, 5.74) is 2.77. The van der Waals surface area contributed by atoms with Gasteiger partial charge in [0.25, 0.3) is 0 Å². The molecule has 21 heavy (non-hydrogen) atoms. The number of aryl methyl sites for hydroxylation is 1. The smallest absolute Gasteiger partial charge is 0.332 e. The largest absolute Gasteiger partial charge is 0.467 e. The van der Waals surface area contributed by atoms with Crippen molar-refractivity contribution in [2.45, 2.75) is 13.0 Å². The quantitative estimate of drug-likeness (QED) is 0.729. The van der Waals surface area contributed by atoms with Gasteiger partial charge in [-0.15, -0.1) is 0 Å².